The van der Waals surface area contributed by atoms with E-state index in [9.17, 15) is 5.11 Å². The molecule has 1 N–H and O–H groups in total. The predicted octanol–water partition coefficient (Wildman–Crippen LogP) is 3.39. The van der Waals surface area contributed by atoms with Crippen molar-refractivity contribution in [2.45, 2.75) is 17.9 Å². The highest BCUT2D eigenvalue weighted by Crippen LogP contribution is 2.25. The van der Waals surface area contributed by atoms with Gasteiger partial charge in [0.05, 0.1) is 0 Å². The van der Waals surface area contributed by atoms with Crippen molar-refractivity contribution in [1.29, 1.82) is 0 Å². The first-order chi connectivity index (χ1) is 7.70. The van der Waals surface area contributed by atoms with Gasteiger partial charge in [0, 0.05) is 4.90 Å². The smallest absolute Gasteiger partial charge is 0.137 e. The molecule has 0 aliphatic rings. The van der Waals surface area contributed by atoms with E-state index in [0.717, 1.165) is 11.3 Å². The van der Waals surface area contributed by atoms with Crippen molar-refractivity contribution in [1.82, 2.24) is 0 Å². The molecular weight excluding hydrogens is 220 g/mol. The summed E-state index contributed by atoms with van der Waals surface area (Å²) in [7, 11) is 0. The molecule has 1 aromatic heterocycles. The van der Waals surface area contributed by atoms with Crippen LogP contribution in [-0.2, 0) is 0 Å². The average Bonchev–Trinajstić information content (AvgIpc) is 2.75. The summed E-state index contributed by atoms with van der Waals surface area (Å²) in [6, 6.07) is 11.5. The van der Waals surface area contributed by atoms with E-state index >= 15 is 0 Å². The summed E-state index contributed by atoms with van der Waals surface area (Å²) in [5, 5.41) is 10.1. The maximum atomic E-state index is 10.1. The fraction of sp³-hybridized carbons (Fsp3) is 0.231. The van der Waals surface area contributed by atoms with Crippen LogP contribution in [0.4, 0.5) is 0 Å². The zero-order valence-electron chi connectivity index (χ0n) is 9.31. The molecule has 16 heavy (non-hydrogen) atoms. The van der Waals surface area contributed by atoms with E-state index in [1.54, 1.807) is 11.8 Å². The fourth-order valence-corrected chi connectivity index (χ4v) is 1.96. The Hall–Kier alpha value is -1.19. The SMILES string of the molecule is CSc1ccc(C(O)c2ccc(C)o2)cc1. The second kappa shape index (κ2) is 4.76. The molecule has 1 unspecified atom stereocenters. The number of aliphatic hydroxyl groups excluding tert-OH is 1. The van der Waals surface area contributed by atoms with Crippen molar-refractivity contribution in [2.75, 3.05) is 6.26 Å². The van der Waals surface area contributed by atoms with Crippen LogP contribution in [0.5, 0.6) is 0 Å². The Morgan fingerprint density at radius 1 is 1.12 bits per heavy atom. The first-order valence-corrected chi connectivity index (χ1v) is 6.31. The van der Waals surface area contributed by atoms with Crippen LogP contribution in [0.2, 0.25) is 0 Å². The van der Waals surface area contributed by atoms with E-state index in [1.165, 1.54) is 4.90 Å². The van der Waals surface area contributed by atoms with Crippen molar-refractivity contribution >= 4 is 11.8 Å². The van der Waals surface area contributed by atoms with Gasteiger partial charge in [-0.25, -0.2) is 0 Å². The first kappa shape index (κ1) is 11.3. The molecule has 0 radical (unpaired) electrons. The molecule has 2 nitrogen and oxygen atoms in total. The molecule has 0 saturated heterocycles. The number of thioether (sulfide) groups is 1. The monoisotopic (exact) mass is 234 g/mol. The summed E-state index contributed by atoms with van der Waals surface area (Å²) < 4.78 is 5.40. The summed E-state index contributed by atoms with van der Waals surface area (Å²) in [4.78, 5) is 1.19. The molecule has 3 heteroatoms. The van der Waals surface area contributed by atoms with Crippen LogP contribution in [0.1, 0.15) is 23.2 Å². The minimum Gasteiger partial charge on any atom is -0.463 e. The lowest BCUT2D eigenvalue weighted by atomic mass is 10.1. The number of aryl methyl sites for hydroxylation is 1. The summed E-state index contributed by atoms with van der Waals surface area (Å²) >= 11 is 1.68. The van der Waals surface area contributed by atoms with Crippen LogP contribution in [0.3, 0.4) is 0 Å². The van der Waals surface area contributed by atoms with Crippen LogP contribution < -0.4 is 0 Å². The predicted molar refractivity (Wildman–Crippen MR) is 65.7 cm³/mol. The number of aliphatic hydroxyl groups is 1. The number of furan rings is 1. The van der Waals surface area contributed by atoms with Gasteiger partial charge in [0.15, 0.2) is 0 Å². The average molecular weight is 234 g/mol. The molecule has 0 aliphatic heterocycles. The number of benzene rings is 1. The number of hydrogen-bond donors (Lipinski definition) is 1. The van der Waals surface area contributed by atoms with Gasteiger partial charge in [-0.2, -0.15) is 0 Å². The van der Waals surface area contributed by atoms with Gasteiger partial charge in [-0.05, 0) is 43.0 Å². The molecular formula is C13H14O2S. The van der Waals surface area contributed by atoms with E-state index in [2.05, 4.69) is 0 Å². The normalized spacial score (nSPS) is 12.7. The Bertz CT molecular complexity index is 459. The Labute approximate surface area is 99.3 Å². The molecule has 1 atom stereocenters. The van der Waals surface area contributed by atoms with Crippen LogP contribution in [0, 0.1) is 6.92 Å². The van der Waals surface area contributed by atoms with Gasteiger partial charge in [-0.15, -0.1) is 11.8 Å². The van der Waals surface area contributed by atoms with E-state index in [-0.39, 0.29) is 0 Å². The van der Waals surface area contributed by atoms with Crippen molar-refractivity contribution in [2.24, 2.45) is 0 Å². The summed E-state index contributed by atoms with van der Waals surface area (Å²) in [5.74, 6) is 1.41. The lowest BCUT2D eigenvalue weighted by molar-refractivity contribution is 0.187. The van der Waals surface area contributed by atoms with Crippen molar-refractivity contribution in [3.63, 3.8) is 0 Å². The Kier molecular flexibility index (Phi) is 3.36. The molecule has 1 heterocycles. The molecule has 0 spiro atoms. The van der Waals surface area contributed by atoms with E-state index < -0.39 is 6.10 Å². The summed E-state index contributed by atoms with van der Waals surface area (Å²) in [5.41, 5.74) is 0.854. The topological polar surface area (TPSA) is 33.4 Å². The zero-order valence-corrected chi connectivity index (χ0v) is 10.1. The fourth-order valence-electron chi connectivity index (χ4n) is 1.55. The first-order valence-electron chi connectivity index (χ1n) is 5.09. The summed E-state index contributed by atoms with van der Waals surface area (Å²) in [6.45, 7) is 1.87. The largest absolute Gasteiger partial charge is 0.463 e. The van der Waals surface area contributed by atoms with Gasteiger partial charge in [-0.1, -0.05) is 12.1 Å². The molecule has 1 aromatic carbocycles. The highest BCUT2D eigenvalue weighted by molar-refractivity contribution is 7.98. The van der Waals surface area contributed by atoms with Crippen LogP contribution in [0.25, 0.3) is 0 Å². The highest BCUT2D eigenvalue weighted by atomic mass is 32.2. The number of rotatable bonds is 3. The Morgan fingerprint density at radius 2 is 1.81 bits per heavy atom. The standard InChI is InChI=1S/C13H14O2S/c1-9-3-8-12(15-9)13(14)10-4-6-11(16-2)7-5-10/h3-8,13-14H,1-2H3. The van der Waals surface area contributed by atoms with Gasteiger partial charge >= 0.3 is 0 Å². The Balaban J connectivity index is 2.23. The quantitative estimate of drug-likeness (QED) is 0.826. The minimum atomic E-state index is -0.676. The van der Waals surface area contributed by atoms with Crippen molar-refractivity contribution < 1.29 is 9.52 Å². The van der Waals surface area contributed by atoms with Gasteiger partial charge in [-0.3, -0.25) is 0 Å². The van der Waals surface area contributed by atoms with Crippen molar-refractivity contribution in [3.05, 3.63) is 53.5 Å². The lowest BCUT2D eigenvalue weighted by Crippen LogP contribution is -1.97. The summed E-state index contributed by atoms with van der Waals surface area (Å²) in [6.07, 6.45) is 1.35. The van der Waals surface area contributed by atoms with Crippen LogP contribution in [-0.4, -0.2) is 11.4 Å². The third-order valence-electron chi connectivity index (χ3n) is 2.46. The van der Waals surface area contributed by atoms with E-state index in [4.69, 9.17) is 4.42 Å². The zero-order chi connectivity index (χ0) is 11.5. The molecule has 0 fully saturated rings. The Morgan fingerprint density at radius 3 is 2.31 bits per heavy atom. The van der Waals surface area contributed by atoms with Crippen molar-refractivity contribution in [3.8, 4) is 0 Å². The van der Waals surface area contributed by atoms with Gasteiger partial charge < -0.3 is 9.52 Å². The third kappa shape index (κ3) is 2.31. The van der Waals surface area contributed by atoms with E-state index in [0.29, 0.717) is 5.76 Å². The molecule has 2 rings (SSSR count). The third-order valence-corrected chi connectivity index (χ3v) is 3.21. The molecule has 0 bridgehead atoms. The van der Waals surface area contributed by atoms with E-state index in [1.807, 2.05) is 49.6 Å². The van der Waals surface area contributed by atoms with Gasteiger partial charge in [0.1, 0.15) is 17.6 Å². The molecule has 0 saturated carbocycles. The van der Waals surface area contributed by atoms with Crippen LogP contribution in [0.15, 0.2) is 45.7 Å². The minimum absolute atomic E-state index is 0.592. The molecule has 0 amide bonds. The lowest BCUT2D eigenvalue weighted by Gasteiger charge is -2.08. The molecule has 2 aromatic rings. The highest BCUT2D eigenvalue weighted by Gasteiger charge is 2.13. The maximum Gasteiger partial charge on any atom is 0.137 e. The molecule has 84 valence electrons. The second-order valence-electron chi connectivity index (χ2n) is 3.62. The number of hydrogen-bond acceptors (Lipinski definition) is 3. The van der Waals surface area contributed by atoms with Gasteiger partial charge in [0.25, 0.3) is 0 Å². The maximum absolute atomic E-state index is 10.1. The van der Waals surface area contributed by atoms with Gasteiger partial charge in [0.2, 0.25) is 0 Å². The molecule has 0 aliphatic carbocycles. The second-order valence-corrected chi connectivity index (χ2v) is 4.50. The van der Waals surface area contributed by atoms with Crippen LogP contribution >= 0.6 is 11.8 Å².